The molecule has 0 spiro atoms. The number of anilines is 1. The quantitative estimate of drug-likeness (QED) is 0.379. The molecule has 0 saturated heterocycles. The molecule has 0 fully saturated rings. The maximum atomic E-state index is 12.5. The van der Waals surface area contributed by atoms with Crippen LogP contribution in [0.4, 0.5) is 5.13 Å². The highest BCUT2D eigenvalue weighted by Gasteiger charge is 2.25. The number of carboxylic acid groups (broad SMARTS) is 1. The Kier molecular flexibility index (Phi) is 8.12. The minimum absolute atomic E-state index is 0.166. The summed E-state index contributed by atoms with van der Waals surface area (Å²) in [6.45, 7) is 2.13. The number of carbonyl (C=O) groups excluding carboxylic acids is 1. The molecule has 0 amide bonds. The van der Waals surface area contributed by atoms with Gasteiger partial charge in [0.2, 0.25) is 0 Å². The Balaban J connectivity index is 1.81. The van der Waals surface area contributed by atoms with E-state index in [1.807, 2.05) is 36.4 Å². The van der Waals surface area contributed by atoms with Crippen molar-refractivity contribution in [2.45, 2.75) is 25.1 Å². The summed E-state index contributed by atoms with van der Waals surface area (Å²) in [7, 11) is 0. The van der Waals surface area contributed by atoms with E-state index in [2.05, 4.69) is 10.3 Å². The van der Waals surface area contributed by atoms with E-state index in [0.717, 1.165) is 16.9 Å². The third kappa shape index (κ3) is 6.09. The van der Waals surface area contributed by atoms with E-state index in [9.17, 15) is 14.7 Å². The largest absolute Gasteiger partial charge is 0.481 e. The van der Waals surface area contributed by atoms with Crippen molar-refractivity contribution >= 4 is 57.2 Å². The van der Waals surface area contributed by atoms with Crippen LogP contribution in [-0.4, -0.2) is 40.6 Å². The fourth-order valence-electron chi connectivity index (χ4n) is 3.09. The molecule has 2 N–H and O–H groups in total. The van der Waals surface area contributed by atoms with Gasteiger partial charge in [-0.15, -0.1) is 11.6 Å². The first-order chi connectivity index (χ1) is 14.9. The molecule has 2 aromatic rings. The second-order valence-corrected chi connectivity index (χ2v) is 8.88. The third-order valence-corrected chi connectivity index (χ3v) is 6.56. The fraction of sp³-hybridized carbons (Fsp3) is 0.318. The molecule has 1 aromatic carbocycles. The topological polar surface area (TPSA) is 88.5 Å². The number of thiazole rings is 1. The summed E-state index contributed by atoms with van der Waals surface area (Å²) in [5.74, 6) is -2.04. The van der Waals surface area contributed by atoms with Crippen LogP contribution in [0.2, 0.25) is 0 Å². The first kappa shape index (κ1) is 23.3. The predicted molar refractivity (Wildman–Crippen MR) is 124 cm³/mol. The predicted octanol–water partition coefficient (Wildman–Crippen LogP) is 5.19. The van der Waals surface area contributed by atoms with Crippen LogP contribution in [-0.2, 0) is 16.0 Å². The minimum Gasteiger partial charge on any atom is -0.481 e. The number of aliphatic carboxylic acids is 1. The highest BCUT2D eigenvalue weighted by Crippen LogP contribution is 2.35. The summed E-state index contributed by atoms with van der Waals surface area (Å²) in [6.07, 6.45) is 4.47. The first-order valence-electron chi connectivity index (χ1n) is 9.79. The Morgan fingerprint density at radius 3 is 2.74 bits per heavy atom. The van der Waals surface area contributed by atoms with Crippen molar-refractivity contribution in [3.05, 3.63) is 63.7 Å². The molecule has 2 unspecified atom stereocenters. The number of nitrogens with zero attached hydrogens (tertiary/aromatic N) is 1. The zero-order valence-electron chi connectivity index (χ0n) is 16.8. The Morgan fingerprint density at radius 2 is 2.10 bits per heavy atom. The Morgan fingerprint density at radius 1 is 1.35 bits per heavy atom. The van der Waals surface area contributed by atoms with E-state index in [4.69, 9.17) is 27.9 Å². The Bertz CT molecular complexity index is 1000. The Hall–Kier alpha value is -2.35. The van der Waals surface area contributed by atoms with Crippen LogP contribution < -0.4 is 5.32 Å². The molecule has 0 saturated carbocycles. The molecule has 3 rings (SSSR count). The number of carboxylic acids is 1. The number of carbonyl (C=O) groups is 2. The average molecular weight is 481 g/mol. The van der Waals surface area contributed by atoms with E-state index in [1.54, 1.807) is 13.0 Å². The van der Waals surface area contributed by atoms with Gasteiger partial charge in [0.25, 0.3) is 0 Å². The van der Waals surface area contributed by atoms with Crippen LogP contribution in [0, 0.1) is 5.92 Å². The number of esters is 1. The zero-order valence-corrected chi connectivity index (χ0v) is 19.1. The van der Waals surface area contributed by atoms with Gasteiger partial charge in [0, 0.05) is 11.6 Å². The van der Waals surface area contributed by atoms with Gasteiger partial charge in [-0.3, -0.25) is 4.79 Å². The van der Waals surface area contributed by atoms with Crippen LogP contribution in [0.5, 0.6) is 0 Å². The number of hydrogen-bond acceptors (Lipinski definition) is 6. The Labute approximate surface area is 194 Å². The summed E-state index contributed by atoms with van der Waals surface area (Å²) in [5.41, 5.74) is 2.07. The van der Waals surface area contributed by atoms with Crippen LogP contribution in [0.3, 0.4) is 0 Å². The molecule has 0 bridgehead atoms. The van der Waals surface area contributed by atoms with Gasteiger partial charge in [0.15, 0.2) is 5.13 Å². The first-order valence-corrected chi connectivity index (χ1v) is 11.4. The molecular formula is C22H22Cl2N2O4S. The number of hydrogen-bond donors (Lipinski definition) is 2. The molecule has 1 aliphatic carbocycles. The molecule has 2 atom stereocenters. The van der Waals surface area contributed by atoms with Crippen LogP contribution in [0.1, 0.15) is 34.3 Å². The van der Waals surface area contributed by atoms with Gasteiger partial charge >= 0.3 is 11.9 Å². The third-order valence-electron chi connectivity index (χ3n) is 4.67. The maximum absolute atomic E-state index is 12.5. The lowest BCUT2D eigenvalue weighted by atomic mass is 9.99. The van der Waals surface area contributed by atoms with Gasteiger partial charge < -0.3 is 15.2 Å². The summed E-state index contributed by atoms with van der Waals surface area (Å²) < 4.78 is 5.17. The van der Waals surface area contributed by atoms with Gasteiger partial charge in [0.1, 0.15) is 4.88 Å². The number of ether oxygens (including phenoxy) is 1. The molecule has 6 nitrogen and oxygen atoms in total. The summed E-state index contributed by atoms with van der Waals surface area (Å²) >= 11 is 13.5. The van der Waals surface area contributed by atoms with Crippen molar-refractivity contribution in [1.29, 1.82) is 0 Å². The molecule has 9 heteroatoms. The van der Waals surface area contributed by atoms with E-state index in [1.165, 1.54) is 0 Å². The normalized spacial score (nSPS) is 16.8. The number of allylic oxidation sites excluding steroid dienone is 4. The lowest BCUT2D eigenvalue weighted by molar-refractivity contribution is -0.141. The molecule has 164 valence electrons. The van der Waals surface area contributed by atoms with Gasteiger partial charge in [-0.25, -0.2) is 9.78 Å². The molecule has 0 aliphatic heterocycles. The van der Waals surface area contributed by atoms with Crippen LogP contribution in [0.15, 0.2) is 47.5 Å². The van der Waals surface area contributed by atoms with Gasteiger partial charge in [-0.1, -0.05) is 59.3 Å². The van der Waals surface area contributed by atoms with Crippen molar-refractivity contribution in [3.8, 4) is 0 Å². The SMILES string of the molecule is CCOC(=O)c1sc(NCC(Cc2ccccc2)C(=O)O)nc1C1=CCC(Cl)C(Cl)=C1. The second kappa shape index (κ2) is 10.8. The summed E-state index contributed by atoms with van der Waals surface area (Å²) in [4.78, 5) is 29.1. The highest BCUT2D eigenvalue weighted by atomic mass is 35.5. The molecule has 0 radical (unpaired) electrons. The van der Waals surface area contributed by atoms with Crippen molar-refractivity contribution in [2.75, 3.05) is 18.5 Å². The van der Waals surface area contributed by atoms with Crippen molar-refractivity contribution < 1.29 is 19.4 Å². The van der Waals surface area contributed by atoms with Crippen molar-refractivity contribution in [1.82, 2.24) is 4.98 Å². The minimum atomic E-state index is -0.906. The summed E-state index contributed by atoms with van der Waals surface area (Å²) in [5, 5.41) is 13.3. The molecule has 1 aromatic heterocycles. The number of aromatic nitrogens is 1. The lowest BCUT2D eigenvalue weighted by Crippen LogP contribution is -2.25. The lowest BCUT2D eigenvalue weighted by Gasteiger charge is -2.14. The smallest absolute Gasteiger partial charge is 0.350 e. The number of halogens is 2. The van der Waals surface area contributed by atoms with E-state index in [-0.39, 0.29) is 18.5 Å². The number of rotatable bonds is 9. The van der Waals surface area contributed by atoms with Crippen LogP contribution in [0.25, 0.3) is 5.57 Å². The average Bonchev–Trinajstić information content (AvgIpc) is 3.18. The highest BCUT2D eigenvalue weighted by molar-refractivity contribution is 7.17. The van der Waals surface area contributed by atoms with Gasteiger partial charge in [0.05, 0.1) is 23.6 Å². The molecule has 1 heterocycles. The number of alkyl halides is 1. The molecule has 1 aliphatic rings. The monoisotopic (exact) mass is 480 g/mol. The van der Waals surface area contributed by atoms with Crippen LogP contribution >= 0.6 is 34.5 Å². The van der Waals surface area contributed by atoms with E-state index in [0.29, 0.717) is 39.1 Å². The number of benzene rings is 1. The van der Waals surface area contributed by atoms with E-state index < -0.39 is 17.9 Å². The standard InChI is InChI=1S/C22H22Cl2N2O4S/c1-2-30-21(29)19-18(14-8-9-16(23)17(24)11-14)26-22(31-19)25-12-15(20(27)28)10-13-6-4-3-5-7-13/h3-8,11,15-16H,2,9-10,12H2,1H3,(H,25,26)(H,27,28). The second-order valence-electron chi connectivity index (χ2n) is 6.91. The van der Waals surface area contributed by atoms with Gasteiger partial charge in [-0.05, 0) is 37.0 Å². The van der Waals surface area contributed by atoms with E-state index >= 15 is 0 Å². The van der Waals surface area contributed by atoms with Crippen molar-refractivity contribution in [3.63, 3.8) is 0 Å². The maximum Gasteiger partial charge on any atom is 0.350 e. The summed E-state index contributed by atoms with van der Waals surface area (Å²) in [6, 6.07) is 9.43. The number of nitrogens with one attached hydrogen (secondary N) is 1. The molecular weight excluding hydrogens is 459 g/mol. The van der Waals surface area contributed by atoms with Crippen molar-refractivity contribution in [2.24, 2.45) is 5.92 Å². The fourth-order valence-corrected chi connectivity index (χ4v) is 4.34. The molecule has 31 heavy (non-hydrogen) atoms. The van der Waals surface area contributed by atoms with Gasteiger partial charge in [-0.2, -0.15) is 0 Å². The zero-order chi connectivity index (χ0) is 22.4.